The highest BCUT2D eigenvalue weighted by atomic mass is 16.6. The van der Waals surface area contributed by atoms with Crippen molar-refractivity contribution in [3.63, 3.8) is 0 Å². The second kappa shape index (κ2) is 43.7. The van der Waals surface area contributed by atoms with Crippen molar-refractivity contribution in [1.29, 1.82) is 0 Å². The minimum absolute atomic E-state index is 0.0149. The average Bonchev–Trinajstić information content (AvgIpc) is 1.57. The number of aryl methyl sites for hydroxylation is 3. The third-order valence-electron chi connectivity index (χ3n) is 17.7. The molecule has 0 radical (unpaired) electrons. The molecule has 0 bridgehead atoms. The van der Waals surface area contributed by atoms with E-state index < -0.39 is 316 Å². The SMILES string of the molecule is [2H]c1[nH]c2c([2H])c([2H])c(C[C@@H]3NC(=O)OC3([2H])[2H])c([2H])c2c1C([2H])([2H])CN(C([2H])([2H])[2H])C([2H])([2H])[2H].[2H]c1[nH]c2c([2H])c([2H])c(C[C@@H]3NC(=O)OC3([2H])[2H])c([2H])c2c1C([2H])([2H])CN(C)C.[2H]c1[nH]c2c([2H])c([2H])c(C[C@@H]3NC(=O)OC3([2H])[2H])c([2H])c2c1C([2H])([2H])CN(C)C([2H])([2H])[2H].[2H]c1[nH]c2c([2H])c([2H])c(C[C@@H]3NC(=O)OC3([2H])[2H])c([2H])c2c1CC([2H])([2H])N(C([2H])([2H])[2H])C([2H])([2H])[2H].[2H]c1[nH]c2c([2H])c([2H])c(C[C@@H]3NC(=O)OC3([2H])[2H])c([2H])c2c1CC([2H])([2H])N(C)C.[2H]c1[nH]c2c([2H])c([2H])c(C[C@@H]3NC(=O)OC3([2H])[2H])c([2H])c2c1CC([2H])([2H])N(C)C([2H])([2H])[2H]. The first-order valence-corrected chi connectivity index (χ1v) is 37.8. The molecule has 6 atom stereocenters. The van der Waals surface area contributed by atoms with Gasteiger partial charge in [0.15, 0.2) is 0 Å². The molecule has 6 aliphatic heterocycles. The van der Waals surface area contributed by atoms with E-state index in [9.17, 15) is 28.8 Å². The molecule has 6 aliphatic rings. The van der Waals surface area contributed by atoms with Crippen molar-refractivity contribution in [1.82, 2.24) is 91.2 Å². The summed E-state index contributed by atoms with van der Waals surface area (Å²) in [5.74, 6) is 0. The molecule has 6 amide bonds. The number of aromatic amines is 6. The number of nitrogens with zero attached hydrogens (tertiary/aromatic N) is 6. The summed E-state index contributed by atoms with van der Waals surface area (Å²) in [7, 11) is 8.71. The molecule has 12 aromatic rings. The van der Waals surface area contributed by atoms with Gasteiger partial charge in [-0.25, -0.2) is 28.8 Å². The van der Waals surface area contributed by atoms with E-state index in [1.54, 1.807) is 33.1 Å². The van der Waals surface area contributed by atoms with Crippen LogP contribution < -0.4 is 31.9 Å². The zero-order chi connectivity index (χ0) is 146. The van der Waals surface area contributed by atoms with Gasteiger partial charge in [0.2, 0.25) is 0 Å². The summed E-state index contributed by atoms with van der Waals surface area (Å²) in [6.07, 6.45) is -19.6. The minimum Gasteiger partial charge on any atom is -0.447 e. The molecule has 0 saturated carbocycles. The van der Waals surface area contributed by atoms with E-state index in [4.69, 9.17) is 90.5 Å². The van der Waals surface area contributed by atoms with Crippen LogP contribution in [0.2, 0.25) is 0 Å². The Morgan fingerprint density at radius 2 is 0.508 bits per heavy atom. The molecule has 30 heteroatoms. The predicted molar refractivity (Wildman–Crippen MR) is 495 cm³/mol. The number of hydrogen-bond acceptors (Lipinski definition) is 18. The lowest BCUT2D eigenvalue weighted by molar-refractivity contribution is 0.176. The molecule has 6 aromatic heterocycles. The van der Waals surface area contributed by atoms with Crippen LogP contribution in [0.1, 0.15) is 157 Å². The van der Waals surface area contributed by atoms with Gasteiger partial charge in [-0.2, -0.15) is 0 Å². The number of alkyl carbamates (subject to hydrolysis) is 6. The van der Waals surface area contributed by atoms with Gasteiger partial charge in [0, 0.05) is 183 Å². The molecule has 12 N–H and O–H groups in total. The molecule has 0 spiro atoms. The number of rotatable bonds is 30. The second-order valence-corrected chi connectivity index (χ2v) is 28.1. The number of fused-ring (bicyclic) bond motifs is 6. The quantitative estimate of drug-likeness (QED) is 0.0186. The Morgan fingerprint density at radius 1 is 0.294 bits per heavy atom. The van der Waals surface area contributed by atoms with E-state index in [2.05, 4.69) is 90.2 Å². The molecule has 18 rings (SSSR count). The minimum atomic E-state index is -3.38. The van der Waals surface area contributed by atoms with Gasteiger partial charge in [-0.05, 0) is 300 Å². The van der Waals surface area contributed by atoms with Gasteiger partial charge in [0.25, 0.3) is 0 Å². The van der Waals surface area contributed by atoms with Gasteiger partial charge in [0.1, 0.15) is 39.4 Å². The van der Waals surface area contributed by atoms with Crippen molar-refractivity contribution in [2.75, 3.05) is 163 Å². The van der Waals surface area contributed by atoms with Crippen LogP contribution in [-0.4, -0.2) is 295 Å². The maximum absolute atomic E-state index is 11.5. The van der Waals surface area contributed by atoms with E-state index >= 15 is 0 Å². The molecule has 0 aliphatic carbocycles. The van der Waals surface area contributed by atoms with Crippen molar-refractivity contribution >= 4 is 102 Å². The summed E-state index contributed by atoms with van der Waals surface area (Å²) >= 11 is 0. The lowest BCUT2D eigenvalue weighted by Crippen LogP contribution is -2.28. The van der Waals surface area contributed by atoms with Crippen LogP contribution in [0.3, 0.4) is 0 Å². The average molecular weight is 1790 g/mol. The number of nitrogens with one attached hydrogen (secondary N) is 12. The number of H-pyrrole nitrogens is 6. The molecule has 0 unspecified atom stereocenters. The first-order valence-electron chi connectivity index (χ1n) is 70.8. The maximum Gasteiger partial charge on any atom is 0.407 e. The smallest absolute Gasteiger partial charge is 0.407 e. The molecular weight excluding hydrogens is 1600 g/mol. The fourth-order valence-corrected chi connectivity index (χ4v) is 12.0. The summed E-state index contributed by atoms with van der Waals surface area (Å²) in [6.45, 7) is -42.3. The van der Waals surface area contributed by atoms with Crippen LogP contribution in [0.15, 0.2) is 146 Å². The first-order chi connectivity index (χ1) is 86.8. The highest BCUT2D eigenvalue weighted by molar-refractivity contribution is 5.88. The Morgan fingerprint density at radius 3 is 0.730 bits per heavy atom. The summed E-state index contributed by atoms with van der Waals surface area (Å²) in [6, 6.07) is -14.7. The summed E-state index contributed by atoms with van der Waals surface area (Å²) in [5, 5.41) is 13.0. The zero-order valence-electron chi connectivity index (χ0n) is 134. The second-order valence-electron chi connectivity index (χ2n) is 28.1. The fraction of sp³-hybridized carbons (Fsp3) is 0.438. The van der Waals surface area contributed by atoms with Gasteiger partial charge < -0.3 is 120 Å². The van der Waals surface area contributed by atoms with Crippen LogP contribution in [0, 0.1) is 0 Å². The Labute approximate surface area is 829 Å². The highest BCUT2D eigenvalue weighted by Crippen LogP contribution is 2.29. The van der Waals surface area contributed by atoms with Gasteiger partial charge in [0.05, 0.1) is 85.6 Å². The Kier molecular flexibility index (Phi) is 13.7. The number of amides is 6. The first kappa shape index (κ1) is 39.4. The monoisotopic (exact) mass is 1790 g/mol. The number of aromatic nitrogens is 6. The molecule has 30 nitrogen and oxygen atoms in total. The van der Waals surface area contributed by atoms with Crippen LogP contribution >= 0.6 is 0 Å². The lowest BCUT2D eigenvalue weighted by atomic mass is 10.0. The van der Waals surface area contributed by atoms with Gasteiger partial charge in [-0.1, -0.05) is 36.3 Å². The largest absolute Gasteiger partial charge is 0.447 e. The lowest BCUT2D eigenvalue weighted by Gasteiger charge is -2.09. The van der Waals surface area contributed by atoms with Crippen LogP contribution in [-0.2, 0) is 105 Å². The molecule has 6 saturated heterocycles. The molecule has 6 aromatic carbocycles. The number of cyclic esters (lactones) is 6. The molecule has 672 valence electrons. The van der Waals surface area contributed by atoms with Crippen molar-refractivity contribution in [3.8, 4) is 0 Å². The Balaban J connectivity index is 0.000000186. The Hall–Kier alpha value is -12.1. The van der Waals surface area contributed by atoms with E-state index in [0.29, 0.717) is 4.90 Å². The molecule has 126 heavy (non-hydrogen) atoms. The predicted octanol–water partition coefficient (Wildman–Crippen LogP) is 11.5. The van der Waals surface area contributed by atoms with Gasteiger partial charge >= 0.3 is 36.6 Å². The summed E-state index contributed by atoms with van der Waals surface area (Å²) in [5.41, 5.74) is -2.35. The van der Waals surface area contributed by atoms with Crippen molar-refractivity contribution in [2.24, 2.45) is 0 Å². The summed E-state index contributed by atoms with van der Waals surface area (Å²) < 4.78 is 555. The van der Waals surface area contributed by atoms with E-state index in [0.717, 1.165) is 11.9 Å². The van der Waals surface area contributed by atoms with Crippen molar-refractivity contribution < 1.29 is 148 Å². The number of ether oxygens (including phenoxy) is 6. The van der Waals surface area contributed by atoms with E-state index in [-0.39, 0.29) is 242 Å². The van der Waals surface area contributed by atoms with Gasteiger partial charge in [-0.3, -0.25) is 0 Å². The zero-order valence-corrected chi connectivity index (χ0v) is 67.5. The van der Waals surface area contributed by atoms with E-state index in [1.807, 2.05) is 0 Å². The number of likely N-dealkylation sites (N-methyl/N-ethyl adjacent to an activating group) is 6. The number of hydrogen-bond donors (Lipinski definition) is 12. The number of benzene rings is 6. The normalized spacial score (nSPS) is 29.5. The van der Waals surface area contributed by atoms with Crippen LogP contribution in [0.25, 0.3) is 65.4 Å². The van der Waals surface area contributed by atoms with Crippen molar-refractivity contribution in [2.45, 2.75) is 113 Å². The molecular formula is C96H126N18O12. The van der Waals surface area contributed by atoms with Gasteiger partial charge in [-0.15, -0.1) is 0 Å². The fourth-order valence-electron chi connectivity index (χ4n) is 12.0. The molecule has 12 heterocycles. The maximum atomic E-state index is 11.5. The third kappa shape index (κ3) is 26.5. The standard InChI is InChI=1S/6C16H21N3O2/c6*1-19(2)6-5-12-9-17-15-4-3-11(8-14(12)15)7-13-10-21-16(20)18-13/h6*3-4,8-9,13,17H,5-7,10H2,1-2H3,(H,18,20)/t6*13-/m000000/s1/i1D3,2D3,3D,4D,6D2,8D,9D,10D2;1D3,2D3,3D,4D,5D2,8D,9D,10D2;1D3,3D,4D,6D2,8D,9D,10D2;1D3,3D,4D,5D2,8D,9D,10D2;3D,4D,6D2,8D,9D,10D2;3D,4D,5D2,8D,9D,10D2. The topological polar surface area (TPSA) is 344 Å². The van der Waals surface area contributed by atoms with Crippen LogP contribution in [0.4, 0.5) is 28.8 Å². The summed E-state index contributed by atoms with van der Waals surface area (Å²) in [4.78, 5) is 87.9. The Bertz CT molecular complexity index is 9080. The number of carbonyl (C=O) groups excluding carboxylic acids is 6. The van der Waals surface area contributed by atoms with Crippen LogP contribution in [0.5, 0.6) is 0 Å². The number of carbonyl (C=O) groups is 6. The molecule has 6 fully saturated rings. The third-order valence-corrected chi connectivity index (χ3v) is 17.7. The highest BCUT2D eigenvalue weighted by Gasteiger charge is 2.29. The van der Waals surface area contributed by atoms with Crippen molar-refractivity contribution in [3.05, 3.63) is 213 Å². The van der Waals surface area contributed by atoms with E-state index in [1.165, 1.54) is 11.9 Å².